The van der Waals surface area contributed by atoms with Crippen molar-refractivity contribution < 1.29 is 36.4 Å². The highest BCUT2D eigenvalue weighted by Gasteiger charge is 2.83. The van der Waals surface area contributed by atoms with Gasteiger partial charge in [0, 0.05) is 44.3 Å². The Labute approximate surface area is 549 Å². The lowest BCUT2D eigenvalue weighted by molar-refractivity contribution is -0.350. The fourth-order valence-electron chi connectivity index (χ4n) is 18.0. The summed E-state index contributed by atoms with van der Waals surface area (Å²) in [5.74, 6) is 0. The molecule has 6 fully saturated rings. The summed E-state index contributed by atoms with van der Waals surface area (Å²) < 4.78 is 0. The highest BCUT2D eigenvalue weighted by Crippen LogP contribution is 2.82. The summed E-state index contributed by atoms with van der Waals surface area (Å²) in [7, 11) is 0. The van der Waals surface area contributed by atoms with E-state index >= 15 is 0 Å². The van der Waals surface area contributed by atoms with Gasteiger partial charge in [-0.2, -0.15) is 25.3 Å². The summed E-state index contributed by atoms with van der Waals surface area (Å²) in [5.41, 5.74) is 2.57. The van der Waals surface area contributed by atoms with Crippen molar-refractivity contribution in [2.75, 3.05) is 0 Å². The molecule has 0 spiro atoms. The van der Waals surface area contributed by atoms with Crippen molar-refractivity contribution in [3.63, 3.8) is 0 Å². The minimum absolute atomic E-state index is 0.00174. The third-order valence-corrected chi connectivity index (χ3v) is 30.7. The second-order valence-corrected chi connectivity index (χ2v) is 40.3. The van der Waals surface area contributed by atoms with Crippen LogP contribution < -0.4 is 0 Å². The summed E-state index contributed by atoms with van der Waals surface area (Å²) in [5, 5.41) is 79.9. The van der Waals surface area contributed by atoms with Gasteiger partial charge in [-0.3, -0.25) is 0 Å². The van der Waals surface area contributed by atoms with Crippen LogP contribution in [0.3, 0.4) is 0 Å². The van der Waals surface area contributed by atoms with Crippen LogP contribution in [0, 0.1) is 65.0 Å². The molecule has 0 aromatic heterocycles. The molecule has 0 radical (unpaired) electrons. The van der Waals surface area contributed by atoms with Crippen LogP contribution in [0.5, 0.6) is 0 Å². The molecule has 4 saturated heterocycles. The Balaban J connectivity index is 0.000000360. The third kappa shape index (κ3) is 11.6. The zero-order valence-corrected chi connectivity index (χ0v) is 66.6. The molecule has 0 amide bonds. The molecule has 4 unspecified atom stereocenters. The van der Waals surface area contributed by atoms with E-state index in [9.17, 15) is 31.1 Å². The van der Waals surface area contributed by atoms with E-state index in [0.717, 1.165) is 0 Å². The summed E-state index contributed by atoms with van der Waals surface area (Å²) in [4.78, 5) is 0. The van der Waals surface area contributed by atoms with Gasteiger partial charge < -0.3 is 36.4 Å². The number of oxime groups is 1. The quantitative estimate of drug-likeness (QED) is 0.0747. The van der Waals surface area contributed by atoms with E-state index in [1.54, 1.807) is 34.1 Å². The summed E-state index contributed by atoms with van der Waals surface area (Å²) in [6, 6.07) is 8.23. The van der Waals surface area contributed by atoms with Crippen molar-refractivity contribution in [1.82, 2.24) is 25.3 Å². The van der Waals surface area contributed by atoms with Gasteiger partial charge in [-0.15, -0.1) is 0 Å². The number of benzene rings is 1. The van der Waals surface area contributed by atoms with E-state index < -0.39 is 0 Å². The standard InChI is InChI=1S/C15H31NO.C14H27NO.C12H17NO.C12H25NO.C11H21NO.C9H20O.C3H7NO/c1-11(2)12(3,4)14(7,8)16(17)15(9,10)13(11,5)6;1-10(2)11(3,4)15(16)12(5,6)14(8)9-13(10,14)7;1-11(2)9-7-5-6-8-10(9)12(3,4)13(11)14;1-9(2)10(3,4)12(7,8)13(14)11(9,5)6;1-8(2)10(5)7-11(10,6)9(3,4)12(8)13;1-8(2,3)7(10)9(4,5)6;1-3(2)4-5/h17H,1-10H3;16H,9H2,1-8H3;5-8,14H,1-4H3;14H,1-8H3;13H,7H2,1-6H3;7,10H,1-6H3;5H,1-2H3. The van der Waals surface area contributed by atoms with Crippen molar-refractivity contribution >= 4 is 5.71 Å². The average molecular weight is 1260 g/mol. The molecular formula is C76H148N6O7. The van der Waals surface area contributed by atoms with Gasteiger partial charge in [0.15, 0.2) is 0 Å². The molecule has 13 nitrogen and oxygen atoms in total. The van der Waals surface area contributed by atoms with Crippen LogP contribution in [-0.2, 0) is 11.1 Å². The number of piperidine rings is 3. The number of aliphatic hydroxyl groups is 1. The Kier molecular flexibility index (Phi) is 21.8. The molecule has 5 aliphatic heterocycles. The maximum atomic E-state index is 10.7. The Morgan fingerprint density at radius 1 is 0.337 bits per heavy atom. The van der Waals surface area contributed by atoms with Gasteiger partial charge >= 0.3 is 0 Å². The maximum Gasteiger partial charge on any atom is 0.0665 e. The van der Waals surface area contributed by atoms with Gasteiger partial charge in [0.25, 0.3) is 0 Å². The van der Waals surface area contributed by atoms with Crippen molar-refractivity contribution in [2.45, 2.75) is 379 Å². The van der Waals surface area contributed by atoms with Crippen LogP contribution in [0.1, 0.15) is 329 Å². The number of nitrogens with zero attached hydrogens (tertiary/aromatic N) is 6. The van der Waals surface area contributed by atoms with Crippen molar-refractivity contribution in [1.29, 1.82) is 0 Å². The summed E-state index contributed by atoms with van der Waals surface area (Å²) in [6.07, 6.45) is 2.21. The van der Waals surface area contributed by atoms with Gasteiger partial charge in [-0.1, -0.05) is 182 Å². The number of hydrogen-bond acceptors (Lipinski definition) is 13. The molecule has 89 heavy (non-hydrogen) atoms. The number of hydrogen-bond donors (Lipinski definition) is 7. The number of aliphatic hydroxyl groups excluding tert-OH is 1. The molecule has 8 rings (SSSR count). The first kappa shape index (κ1) is 83.3. The number of hydroxylamine groups is 10. The molecule has 524 valence electrons. The molecule has 2 aliphatic carbocycles. The topological polar surface area (TPSA) is 170 Å². The van der Waals surface area contributed by atoms with Crippen molar-refractivity contribution in [3.05, 3.63) is 35.4 Å². The Morgan fingerprint density at radius 2 is 0.528 bits per heavy atom. The minimum Gasteiger partial charge on any atom is -0.411 e. The van der Waals surface area contributed by atoms with Crippen LogP contribution >= 0.6 is 0 Å². The summed E-state index contributed by atoms with van der Waals surface area (Å²) >= 11 is 0. The van der Waals surface area contributed by atoms with E-state index in [2.05, 4.69) is 280 Å². The van der Waals surface area contributed by atoms with Gasteiger partial charge in [-0.25, -0.2) is 0 Å². The van der Waals surface area contributed by atoms with E-state index in [1.807, 2.05) is 39.8 Å². The second-order valence-electron chi connectivity index (χ2n) is 40.3. The molecule has 0 bridgehead atoms. The van der Waals surface area contributed by atoms with Gasteiger partial charge in [0.05, 0.1) is 22.9 Å². The lowest BCUT2D eigenvalue weighted by atomic mass is 9.42. The first-order valence-corrected chi connectivity index (χ1v) is 33.7. The molecular weight excluding hydrogens is 1110 g/mol. The van der Waals surface area contributed by atoms with Crippen LogP contribution in [-0.4, -0.2) is 118 Å². The van der Waals surface area contributed by atoms with E-state index in [4.69, 9.17) is 5.21 Å². The van der Waals surface area contributed by atoms with Crippen LogP contribution in [0.2, 0.25) is 0 Å². The first-order valence-electron chi connectivity index (χ1n) is 33.7. The van der Waals surface area contributed by atoms with E-state index in [0.29, 0.717) is 11.1 Å². The van der Waals surface area contributed by atoms with Gasteiger partial charge in [0.2, 0.25) is 0 Å². The first-order chi connectivity index (χ1) is 38.3. The molecule has 1 aromatic rings. The molecule has 1 aromatic carbocycles. The van der Waals surface area contributed by atoms with E-state index in [1.165, 1.54) is 29.0 Å². The Hall–Kier alpha value is -1.75. The monoisotopic (exact) mass is 1260 g/mol. The Bertz CT molecular complexity index is 2530. The van der Waals surface area contributed by atoms with E-state index in [-0.39, 0.29) is 121 Å². The lowest BCUT2D eigenvalue weighted by Crippen LogP contribution is -2.76. The van der Waals surface area contributed by atoms with Gasteiger partial charge in [0.1, 0.15) is 0 Å². The molecule has 2 saturated carbocycles. The minimum atomic E-state index is -0.292. The molecule has 4 atom stereocenters. The summed E-state index contributed by atoms with van der Waals surface area (Å²) in [6.45, 7) is 94.9. The fourth-order valence-corrected chi connectivity index (χ4v) is 18.0. The Morgan fingerprint density at radius 3 is 0.730 bits per heavy atom. The molecule has 7 aliphatic rings. The van der Waals surface area contributed by atoms with Crippen molar-refractivity contribution in [3.8, 4) is 0 Å². The number of rotatable bonds is 0. The number of fused-ring (bicyclic) bond motifs is 3. The van der Waals surface area contributed by atoms with Crippen molar-refractivity contribution in [2.24, 2.45) is 70.1 Å². The molecule has 5 heterocycles. The highest BCUT2D eigenvalue weighted by molar-refractivity contribution is 5.78. The van der Waals surface area contributed by atoms with Crippen LogP contribution in [0.25, 0.3) is 0 Å². The van der Waals surface area contributed by atoms with Gasteiger partial charge in [-0.05, 0) is 241 Å². The van der Waals surface area contributed by atoms with Crippen LogP contribution in [0.15, 0.2) is 29.4 Å². The molecule has 7 N–H and O–H groups in total. The third-order valence-electron chi connectivity index (χ3n) is 30.7. The predicted octanol–water partition coefficient (Wildman–Crippen LogP) is 20.1. The predicted molar refractivity (Wildman–Crippen MR) is 373 cm³/mol. The normalized spacial score (nSPS) is 33.6. The van der Waals surface area contributed by atoms with Crippen LogP contribution in [0.4, 0.5) is 0 Å². The smallest absolute Gasteiger partial charge is 0.0665 e. The molecule has 13 heteroatoms. The largest absolute Gasteiger partial charge is 0.411 e. The zero-order valence-electron chi connectivity index (χ0n) is 66.6. The average Bonchev–Trinajstić information content (AvgIpc) is 1.46. The maximum absolute atomic E-state index is 10.7. The zero-order chi connectivity index (χ0) is 72.1. The fraction of sp³-hybridized carbons (Fsp3) is 0.908. The lowest BCUT2D eigenvalue weighted by Gasteiger charge is -2.72. The SMILES string of the molecule is CC(C)(C)C(O)C(C)(C)C.CC(C)=NO.CC1(C)N(O)C(C)(C)C(C)(C)C(C)(C)C1(C)C.CC1(C)N(O)C(C)(C)C(C)(C)C1(C)C.CC1(C)N(O)C(C)(C)C2(C)CC12C.CC1(C)N(O)C(C)(C)C2(C)CC2(C)C1(C)C.CC1(C)c2ccccc2C(C)(C)N1O. The second kappa shape index (κ2) is 23.2. The highest BCUT2D eigenvalue weighted by atomic mass is 16.5.